The minimum absolute atomic E-state index is 0.00453. The van der Waals surface area contributed by atoms with Gasteiger partial charge in [-0.05, 0) is 30.5 Å². The van der Waals surface area contributed by atoms with Gasteiger partial charge in [0.2, 0.25) is 0 Å². The predicted octanol–water partition coefficient (Wildman–Crippen LogP) is 1.96. The van der Waals surface area contributed by atoms with E-state index in [9.17, 15) is 14.0 Å². The number of carbonyl (C=O) groups excluding carboxylic acids is 1. The monoisotopic (exact) mass is 345 g/mol. The molecule has 1 fully saturated rings. The lowest BCUT2D eigenvalue weighted by Crippen LogP contribution is -2.36. The van der Waals surface area contributed by atoms with Crippen LogP contribution in [0.25, 0.3) is 0 Å². The maximum Gasteiger partial charge on any atom is 0.356 e. The van der Waals surface area contributed by atoms with Crippen LogP contribution in [-0.4, -0.2) is 39.7 Å². The number of amides is 1. The maximum atomic E-state index is 13.2. The van der Waals surface area contributed by atoms with Crippen LogP contribution in [0.15, 0.2) is 36.7 Å². The van der Waals surface area contributed by atoms with Crippen molar-refractivity contribution < 1.29 is 23.8 Å². The number of carboxylic acid groups (broad SMARTS) is 1. The Morgan fingerprint density at radius 3 is 2.44 bits per heavy atom. The molecule has 2 aromatic rings. The molecule has 0 spiro atoms. The molecule has 1 saturated heterocycles. The maximum absolute atomic E-state index is 13.2. The topological polar surface area (TPSA) is 101 Å². The lowest BCUT2D eigenvalue weighted by molar-refractivity contribution is 0.0666. The van der Waals surface area contributed by atoms with E-state index >= 15 is 0 Å². The van der Waals surface area contributed by atoms with Crippen LogP contribution in [0, 0.1) is 5.82 Å². The van der Waals surface area contributed by atoms with Crippen LogP contribution in [-0.2, 0) is 4.74 Å². The Labute approximate surface area is 142 Å². The summed E-state index contributed by atoms with van der Waals surface area (Å²) in [6.45, 7) is 0.603. The normalized spacial score (nSPS) is 17.9. The van der Waals surface area contributed by atoms with Crippen molar-refractivity contribution in [3.05, 3.63) is 59.4 Å². The first-order chi connectivity index (χ1) is 12.0. The third-order valence-corrected chi connectivity index (χ3v) is 3.96. The van der Waals surface area contributed by atoms with Gasteiger partial charge in [-0.1, -0.05) is 12.1 Å². The van der Waals surface area contributed by atoms with Crippen molar-refractivity contribution in [1.29, 1.82) is 0 Å². The number of nitrogens with one attached hydrogen (secondary N) is 1. The lowest BCUT2D eigenvalue weighted by Gasteiger charge is -2.24. The van der Waals surface area contributed by atoms with Crippen LogP contribution in [0.2, 0.25) is 0 Å². The average Bonchev–Trinajstić information content (AvgIpc) is 3.15. The van der Waals surface area contributed by atoms with Crippen LogP contribution >= 0.6 is 0 Å². The first-order valence-electron chi connectivity index (χ1n) is 7.78. The van der Waals surface area contributed by atoms with Crippen molar-refractivity contribution >= 4 is 11.9 Å². The van der Waals surface area contributed by atoms with E-state index < -0.39 is 17.9 Å². The summed E-state index contributed by atoms with van der Waals surface area (Å²) in [5, 5.41) is 11.6. The summed E-state index contributed by atoms with van der Waals surface area (Å²) in [5.74, 6) is -2.09. The van der Waals surface area contributed by atoms with Crippen LogP contribution in [0.3, 0.4) is 0 Å². The van der Waals surface area contributed by atoms with E-state index in [4.69, 9.17) is 9.84 Å². The fraction of sp³-hybridized carbons (Fsp3) is 0.294. The third-order valence-electron chi connectivity index (χ3n) is 3.96. The Morgan fingerprint density at radius 2 is 1.88 bits per heavy atom. The van der Waals surface area contributed by atoms with Crippen molar-refractivity contribution in [3.8, 4) is 0 Å². The molecule has 1 aliphatic rings. The molecule has 0 aliphatic carbocycles. The largest absolute Gasteiger partial charge is 0.476 e. The predicted molar refractivity (Wildman–Crippen MR) is 84.6 cm³/mol. The van der Waals surface area contributed by atoms with Crippen LogP contribution in [0.5, 0.6) is 0 Å². The summed E-state index contributed by atoms with van der Waals surface area (Å²) >= 11 is 0. The fourth-order valence-electron chi connectivity index (χ4n) is 2.70. The molecule has 1 aromatic carbocycles. The lowest BCUT2D eigenvalue weighted by atomic mass is 9.99. The van der Waals surface area contributed by atoms with Gasteiger partial charge in [-0.15, -0.1) is 0 Å². The zero-order valence-electron chi connectivity index (χ0n) is 13.2. The number of aromatic nitrogens is 2. The van der Waals surface area contributed by atoms with Gasteiger partial charge in [0.05, 0.1) is 24.5 Å². The first-order valence-corrected chi connectivity index (χ1v) is 7.78. The van der Waals surface area contributed by atoms with Crippen molar-refractivity contribution in [2.24, 2.45) is 0 Å². The standard InChI is InChI=1S/C17H16FN3O4/c18-11-5-3-10(4-6-11)15(14-2-1-7-25-14)21-16(22)12-8-20-13(9-19-12)17(23)24/h3-6,8-9,14-15H,1-2,7H2,(H,21,22)(H,23,24). The van der Waals surface area contributed by atoms with Crippen LogP contribution < -0.4 is 5.32 Å². The average molecular weight is 345 g/mol. The molecule has 8 heteroatoms. The second-order valence-electron chi connectivity index (χ2n) is 5.65. The molecular formula is C17H16FN3O4. The van der Waals surface area contributed by atoms with Crippen LogP contribution in [0.1, 0.15) is 45.4 Å². The number of carboxylic acids is 1. The molecule has 0 saturated carbocycles. The molecule has 2 unspecified atom stereocenters. The van der Waals surface area contributed by atoms with Crippen molar-refractivity contribution in [3.63, 3.8) is 0 Å². The highest BCUT2D eigenvalue weighted by Crippen LogP contribution is 2.27. The smallest absolute Gasteiger partial charge is 0.356 e. The third kappa shape index (κ3) is 3.97. The van der Waals surface area contributed by atoms with Gasteiger partial charge in [-0.3, -0.25) is 4.79 Å². The number of aromatic carboxylic acids is 1. The quantitative estimate of drug-likeness (QED) is 0.859. The summed E-state index contributed by atoms with van der Waals surface area (Å²) < 4.78 is 18.8. The van der Waals surface area contributed by atoms with Gasteiger partial charge in [-0.2, -0.15) is 0 Å². The van der Waals surface area contributed by atoms with Gasteiger partial charge in [-0.25, -0.2) is 19.2 Å². The second kappa shape index (κ2) is 7.35. The zero-order valence-corrected chi connectivity index (χ0v) is 13.2. The van der Waals surface area contributed by atoms with Gasteiger partial charge in [0.15, 0.2) is 5.69 Å². The van der Waals surface area contributed by atoms with Gasteiger partial charge < -0.3 is 15.2 Å². The number of rotatable bonds is 5. The highest BCUT2D eigenvalue weighted by Gasteiger charge is 2.29. The number of ether oxygens (including phenoxy) is 1. The molecule has 0 bridgehead atoms. The minimum atomic E-state index is -1.22. The van der Waals surface area contributed by atoms with E-state index in [2.05, 4.69) is 15.3 Å². The molecule has 0 radical (unpaired) electrons. The Kier molecular flexibility index (Phi) is 4.99. The highest BCUT2D eigenvalue weighted by atomic mass is 19.1. The van der Waals surface area contributed by atoms with E-state index in [-0.39, 0.29) is 23.3 Å². The zero-order chi connectivity index (χ0) is 17.8. The van der Waals surface area contributed by atoms with E-state index in [0.717, 1.165) is 30.8 Å². The van der Waals surface area contributed by atoms with E-state index in [0.29, 0.717) is 6.61 Å². The van der Waals surface area contributed by atoms with Crippen LogP contribution in [0.4, 0.5) is 4.39 Å². The number of carbonyl (C=O) groups is 2. The molecular weight excluding hydrogens is 329 g/mol. The van der Waals surface area contributed by atoms with Crippen molar-refractivity contribution in [1.82, 2.24) is 15.3 Å². The molecule has 130 valence electrons. The van der Waals surface area contributed by atoms with Gasteiger partial charge in [0.1, 0.15) is 11.5 Å². The fourth-order valence-corrected chi connectivity index (χ4v) is 2.70. The summed E-state index contributed by atoms with van der Waals surface area (Å²) in [5.41, 5.74) is 0.470. The summed E-state index contributed by atoms with van der Waals surface area (Å²) in [6.07, 6.45) is 3.56. The van der Waals surface area contributed by atoms with E-state index in [1.165, 1.54) is 12.1 Å². The SMILES string of the molecule is O=C(O)c1cnc(C(=O)NC(c2ccc(F)cc2)C2CCCO2)cn1. The molecule has 25 heavy (non-hydrogen) atoms. The Morgan fingerprint density at radius 1 is 1.20 bits per heavy atom. The van der Waals surface area contributed by atoms with Gasteiger partial charge in [0.25, 0.3) is 5.91 Å². The van der Waals surface area contributed by atoms with E-state index in [1.807, 2.05) is 0 Å². The number of hydrogen-bond acceptors (Lipinski definition) is 5. The Balaban J connectivity index is 1.80. The minimum Gasteiger partial charge on any atom is -0.476 e. The van der Waals surface area contributed by atoms with Gasteiger partial charge >= 0.3 is 5.97 Å². The molecule has 1 aliphatic heterocycles. The Hall–Kier alpha value is -2.87. The van der Waals surface area contributed by atoms with Crippen molar-refractivity contribution in [2.75, 3.05) is 6.61 Å². The van der Waals surface area contributed by atoms with Crippen molar-refractivity contribution in [2.45, 2.75) is 25.0 Å². The first kappa shape index (κ1) is 17.0. The molecule has 2 heterocycles. The number of halogens is 1. The van der Waals surface area contributed by atoms with E-state index in [1.54, 1.807) is 12.1 Å². The number of nitrogens with zero attached hydrogens (tertiary/aromatic N) is 2. The molecule has 1 amide bonds. The molecule has 3 rings (SSSR count). The molecule has 7 nitrogen and oxygen atoms in total. The Bertz CT molecular complexity index is 758. The highest BCUT2D eigenvalue weighted by molar-refractivity contribution is 5.93. The summed E-state index contributed by atoms with van der Waals surface area (Å²) in [7, 11) is 0. The molecule has 2 atom stereocenters. The second-order valence-corrected chi connectivity index (χ2v) is 5.65. The summed E-state index contributed by atoms with van der Waals surface area (Å²) in [6, 6.07) is 5.38. The molecule has 2 N–H and O–H groups in total. The van der Waals surface area contributed by atoms with Gasteiger partial charge in [0, 0.05) is 6.61 Å². The summed E-state index contributed by atoms with van der Waals surface area (Å²) in [4.78, 5) is 30.8. The number of hydrogen-bond donors (Lipinski definition) is 2. The molecule has 1 aromatic heterocycles. The number of benzene rings is 1.